The summed E-state index contributed by atoms with van der Waals surface area (Å²) in [4.78, 5) is 16.6. The number of anilines is 1. The molecule has 0 radical (unpaired) electrons. The number of nitrogens with one attached hydrogen (secondary N) is 1. The van der Waals surface area contributed by atoms with Crippen molar-refractivity contribution in [2.24, 2.45) is 0 Å². The maximum absolute atomic E-state index is 12.8. The predicted molar refractivity (Wildman–Crippen MR) is 111 cm³/mol. The second-order valence-electron chi connectivity index (χ2n) is 7.23. The molecule has 0 spiro atoms. The Hall–Kier alpha value is -3.20. The van der Waals surface area contributed by atoms with E-state index in [-0.39, 0.29) is 28.9 Å². The summed E-state index contributed by atoms with van der Waals surface area (Å²) in [5.74, 6) is 0.0927. The van der Waals surface area contributed by atoms with Crippen LogP contribution in [0, 0.1) is 13.8 Å². The molecule has 0 atom stereocenters. The van der Waals surface area contributed by atoms with Crippen LogP contribution in [0.4, 0.5) is 5.69 Å². The van der Waals surface area contributed by atoms with Crippen LogP contribution < -0.4 is 4.72 Å². The standard InChI is InChI=1S/C21H23N3O5S/c1-13(2)20-22-19(29-23-20)12-28-21(25)16-8-7-15(4)18(11-16)30(26,27)24-17-9-5-14(3)6-10-17/h5-11,13,24H,12H2,1-4H3. The van der Waals surface area contributed by atoms with Crippen LogP contribution in [0.15, 0.2) is 51.9 Å². The number of carbonyl (C=O) groups is 1. The molecular weight excluding hydrogens is 406 g/mol. The third-order valence-electron chi connectivity index (χ3n) is 4.34. The zero-order valence-electron chi connectivity index (χ0n) is 17.2. The van der Waals surface area contributed by atoms with Crippen LogP contribution in [-0.2, 0) is 21.4 Å². The number of esters is 1. The summed E-state index contributed by atoms with van der Waals surface area (Å²) >= 11 is 0. The van der Waals surface area contributed by atoms with Crippen LogP contribution in [0.5, 0.6) is 0 Å². The van der Waals surface area contributed by atoms with E-state index < -0.39 is 16.0 Å². The molecule has 158 valence electrons. The van der Waals surface area contributed by atoms with Crippen molar-refractivity contribution >= 4 is 21.7 Å². The number of aryl methyl sites for hydroxylation is 2. The molecule has 3 rings (SSSR count). The Balaban J connectivity index is 1.76. The van der Waals surface area contributed by atoms with Crippen LogP contribution in [0.2, 0.25) is 0 Å². The van der Waals surface area contributed by atoms with E-state index in [9.17, 15) is 13.2 Å². The highest BCUT2D eigenvalue weighted by molar-refractivity contribution is 7.92. The highest BCUT2D eigenvalue weighted by Crippen LogP contribution is 2.22. The number of hydrogen-bond acceptors (Lipinski definition) is 7. The molecule has 0 bridgehead atoms. The Bertz CT molecular complexity index is 1150. The van der Waals surface area contributed by atoms with Crippen molar-refractivity contribution in [3.8, 4) is 0 Å². The van der Waals surface area contributed by atoms with Crippen LogP contribution >= 0.6 is 0 Å². The van der Waals surface area contributed by atoms with Crippen LogP contribution in [0.25, 0.3) is 0 Å². The summed E-state index contributed by atoms with van der Waals surface area (Å²) in [6, 6.07) is 11.3. The average Bonchev–Trinajstić information content (AvgIpc) is 3.17. The quantitative estimate of drug-likeness (QED) is 0.566. The van der Waals surface area contributed by atoms with E-state index in [1.54, 1.807) is 37.3 Å². The van der Waals surface area contributed by atoms with E-state index in [2.05, 4.69) is 14.9 Å². The van der Waals surface area contributed by atoms with Crippen molar-refractivity contribution in [3.63, 3.8) is 0 Å². The summed E-state index contributed by atoms with van der Waals surface area (Å²) < 4.78 is 38.4. The maximum atomic E-state index is 12.8. The molecule has 0 aliphatic carbocycles. The van der Waals surface area contributed by atoms with Crippen molar-refractivity contribution < 1.29 is 22.5 Å². The summed E-state index contributed by atoms with van der Waals surface area (Å²) in [6.07, 6.45) is 0. The Morgan fingerprint density at radius 2 is 1.83 bits per heavy atom. The molecule has 1 aromatic heterocycles. The van der Waals surface area contributed by atoms with Crippen LogP contribution in [0.1, 0.15) is 53.0 Å². The summed E-state index contributed by atoms with van der Waals surface area (Å²) in [6.45, 7) is 7.20. The summed E-state index contributed by atoms with van der Waals surface area (Å²) in [7, 11) is -3.88. The number of sulfonamides is 1. The molecule has 3 aromatic rings. The van der Waals surface area contributed by atoms with Gasteiger partial charge >= 0.3 is 5.97 Å². The fourth-order valence-corrected chi connectivity index (χ4v) is 3.95. The molecule has 1 N–H and O–H groups in total. The maximum Gasteiger partial charge on any atom is 0.338 e. The van der Waals surface area contributed by atoms with Crippen molar-refractivity contribution in [2.75, 3.05) is 4.72 Å². The van der Waals surface area contributed by atoms with Crippen molar-refractivity contribution in [3.05, 3.63) is 70.9 Å². The normalized spacial score (nSPS) is 11.5. The Morgan fingerprint density at radius 1 is 1.13 bits per heavy atom. The van der Waals surface area contributed by atoms with Crippen LogP contribution in [-0.4, -0.2) is 24.5 Å². The monoisotopic (exact) mass is 429 g/mol. The first-order valence-corrected chi connectivity index (χ1v) is 10.8. The van der Waals surface area contributed by atoms with Gasteiger partial charge < -0.3 is 9.26 Å². The van der Waals surface area contributed by atoms with E-state index in [0.717, 1.165) is 5.56 Å². The van der Waals surface area contributed by atoms with E-state index in [1.165, 1.54) is 12.1 Å². The van der Waals surface area contributed by atoms with Gasteiger partial charge in [-0.1, -0.05) is 42.8 Å². The molecule has 8 nitrogen and oxygen atoms in total. The molecule has 0 saturated carbocycles. The third kappa shape index (κ3) is 5.04. The van der Waals surface area contributed by atoms with Gasteiger partial charge in [-0.05, 0) is 43.7 Å². The fraction of sp³-hybridized carbons (Fsp3) is 0.286. The van der Waals surface area contributed by atoms with Crippen LogP contribution in [0.3, 0.4) is 0 Å². The van der Waals surface area contributed by atoms with Crippen molar-refractivity contribution in [1.29, 1.82) is 0 Å². The lowest BCUT2D eigenvalue weighted by atomic mass is 10.1. The first-order valence-electron chi connectivity index (χ1n) is 9.35. The van der Waals surface area contributed by atoms with Gasteiger partial charge in [-0.3, -0.25) is 4.72 Å². The number of benzene rings is 2. The minimum atomic E-state index is -3.88. The molecule has 0 saturated heterocycles. The Labute approximate surface area is 175 Å². The molecule has 0 aliphatic heterocycles. The number of rotatable bonds is 7. The van der Waals surface area contributed by atoms with E-state index in [1.807, 2.05) is 20.8 Å². The first-order chi connectivity index (χ1) is 14.2. The second-order valence-corrected chi connectivity index (χ2v) is 8.88. The minimum Gasteiger partial charge on any atom is -0.452 e. The van der Waals surface area contributed by atoms with Gasteiger partial charge in [0.1, 0.15) is 0 Å². The summed E-state index contributed by atoms with van der Waals surface area (Å²) in [5.41, 5.74) is 2.06. The number of aromatic nitrogens is 2. The lowest BCUT2D eigenvalue weighted by Crippen LogP contribution is -2.15. The number of hydrogen-bond donors (Lipinski definition) is 1. The molecule has 0 unspecified atom stereocenters. The van der Waals surface area contributed by atoms with Gasteiger partial charge in [0.2, 0.25) is 0 Å². The Kier molecular flexibility index (Phi) is 6.21. The van der Waals surface area contributed by atoms with Crippen molar-refractivity contribution in [2.45, 2.75) is 45.1 Å². The van der Waals surface area contributed by atoms with Crippen molar-refractivity contribution in [1.82, 2.24) is 10.1 Å². The largest absolute Gasteiger partial charge is 0.452 e. The molecule has 9 heteroatoms. The minimum absolute atomic E-state index is 0.00240. The molecule has 0 aliphatic rings. The SMILES string of the molecule is Cc1ccc(NS(=O)(=O)c2cc(C(=O)OCc3nc(C(C)C)no3)ccc2C)cc1. The molecule has 0 amide bonds. The zero-order chi connectivity index (χ0) is 21.9. The van der Waals surface area contributed by atoms with E-state index in [4.69, 9.17) is 9.26 Å². The molecule has 30 heavy (non-hydrogen) atoms. The highest BCUT2D eigenvalue weighted by atomic mass is 32.2. The number of carbonyl (C=O) groups excluding carboxylic acids is 1. The Morgan fingerprint density at radius 3 is 2.47 bits per heavy atom. The van der Waals surface area contributed by atoms with Gasteiger partial charge in [0.25, 0.3) is 15.9 Å². The van der Waals surface area contributed by atoms with Gasteiger partial charge in [0, 0.05) is 11.6 Å². The fourth-order valence-electron chi connectivity index (χ4n) is 2.62. The average molecular weight is 429 g/mol. The van der Waals surface area contributed by atoms with E-state index >= 15 is 0 Å². The van der Waals surface area contributed by atoms with Gasteiger partial charge in [-0.2, -0.15) is 4.98 Å². The van der Waals surface area contributed by atoms with Gasteiger partial charge in [-0.15, -0.1) is 0 Å². The second kappa shape index (κ2) is 8.66. The first kappa shape index (κ1) is 21.5. The highest BCUT2D eigenvalue weighted by Gasteiger charge is 2.20. The lowest BCUT2D eigenvalue weighted by Gasteiger charge is -2.12. The third-order valence-corrected chi connectivity index (χ3v) is 5.87. The number of nitrogens with zero attached hydrogens (tertiary/aromatic N) is 2. The lowest BCUT2D eigenvalue weighted by molar-refractivity contribution is 0.0429. The molecule has 0 fully saturated rings. The van der Waals surface area contributed by atoms with Gasteiger partial charge in [0.15, 0.2) is 12.4 Å². The predicted octanol–water partition coefficient (Wildman–Crippen LogP) is 3.97. The van der Waals surface area contributed by atoms with E-state index in [0.29, 0.717) is 17.1 Å². The summed E-state index contributed by atoms with van der Waals surface area (Å²) in [5, 5.41) is 3.80. The molecular formula is C21H23N3O5S. The van der Waals surface area contributed by atoms with Gasteiger partial charge in [-0.25, -0.2) is 13.2 Å². The van der Waals surface area contributed by atoms with Gasteiger partial charge in [0.05, 0.1) is 10.5 Å². The zero-order valence-corrected chi connectivity index (χ0v) is 18.0. The smallest absolute Gasteiger partial charge is 0.338 e. The number of ether oxygens (including phenoxy) is 1. The molecule has 2 aromatic carbocycles. The topological polar surface area (TPSA) is 111 Å². The molecule has 1 heterocycles.